The Morgan fingerprint density at radius 2 is 1.45 bits per heavy atom. The fraction of sp³-hybridized carbons (Fsp3) is 0.905. The quantitative estimate of drug-likeness (QED) is 0.544. The van der Waals surface area contributed by atoms with Crippen LogP contribution in [0, 0.1) is 5.92 Å². The van der Waals surface area contributed by atoms with Crippen molar-refractivity contribution in [3.63, 3.8) is 0 Å². The van der Waals surface area contributed by atoms with Gasteiger partial charge in [0.2, 0.25) is 0 Å². The van der Waals surface area contributed by atoms with E-state index < -0.39 is 46.3 Å². The highest BCUT2D eigenvalue weighted by molar-refractivity contribution is 5.79. The molecule has 2 aliphatic heterocycles. The first-order chi connectivity index (χ1) is 13.0. The number of carboxylic acids is 1. The van der Waals surface area contributed by atoms with Gasteiger partial charge in [-0.25, -0.2) is 9.63 Å². The van der Waals surface area contributed by atoms with Crippen molar-refractivity contribution < 1.29 is 29.5 Å². The van der Waals surface area contributed by atoms with Gasteiger partial charge < -0.3 is 9.84 Å². The number of rotatable bonds is 5. The summed E-state index contributed by atoms with van der Waals surface area (Å²) in [5.74, 6) is -2.82. The molecular formula is C21H37N2O6. The molecule has 1 radical (unpaired) electrons. The van der Waals surface area contributed by atoms with Crippen LogP contribution in [0.2, 0.25) is 0 Å². The minimum atomic E-state index is -1.76. The third-order valence-corrected chi connectivity index (χ3v) is 6.56. The number of nitrogens with zero attached hydrogens (tertiary/aromatic N) is 2. The standard InChI is InChI=1S/C21H37N2O6/c1-18(2)13-10-14(21(7,8)22(18)27)16(26)28-17(15(24)25)29-23-19(3,4)11-9-12-20(23,5)6/h14,17H,9-13H2,1-8H3,(H,24,25). The summed E-state index contributed by atoms with van der Waals surface area (Å²) in [4.78, 5) is 30.5. The lowest BCUT2D eigenvalue weighted by Crippen LogP contribution is -2.63. The van der Waals surface area contributed by atoms with Crippen LogP contribution in [0.15, 0.2) is 0 Å². The van der Waals surface area contributed by atoms with Crippen LogP contribution in [0.25, 0.3) is 0 Å². The Morgan fingerprint density at radius 1 is 0.931 bits per heavy atom. The molecule has 0 saturated carbocycles. The summed E-state index contributed by atoms with van der Waals surface area (Å²) in [6.07, 6.45) is 1.89. The van der Waals surface area contributed by atoms with Crippen molar-refractivity contribution in [2.75, 3.05) is 0 Å². The predicted molar refractivity (Wildman–Crippen MR) is 106 cm³/mol. The molecule has 0 spiro atoms. The lowest BCUT2D eigenvalue weighted by atomic mass is 9.74. The highest BCUT2D eigenvalue weighted by Crippen LogP contribution is 2.42. The van der Waals surface area contributed by atoms with E-state index in [2.05, 4.69) is 0 Å². The topological polar surface area (TPSA) is 99.2 Å². The maximum atomic E-state index is 12.9. The number of esters is 1. The minimum absolute atomic E-state index is 0.401. The first kappa shape index (κ1) is 24.1. The maximum Gasteiger partial charge on any atom is 0.375 e. The Balaban J connectivity index is 2.18. The summed E-state index contributed by atoms with van der Waals surface area (Å²) >= 11 is 0. The number of carboxylic acid groups (broad SMARTS) is 1. The molecule has 2 unspecified atom stereocenters. The smallest absolute Gasteiger partial charge is 0.375 e. The Hall–Kier alpha value is -1.22. The van der Waals surface area contributed by atoms with Gasteiger partial charge in [-0.05, 0) is 87.5 Å². The van der Waals surface area contributed by atoms with Gasteiger partial charge in [-0.1, -0.05) is 0 Å². The van der Waals surface area contributed by atoms with Gasteiger partial charge in [0.05, 0.1) is 11.5 Å². The third kappa shape index (κ3) is 4.76. The fourth-order valence-corrected chi connectivity index (χ4v) is 4.94. The van der Waals surface area contributed by atoms with Crippen LogP contribution in [0.3, 0.4) is 0 Å². The van der Waals surface area contributed by atoms with E-state index in [1.54, 1.807) is 18.9 Å². The predicted octanol–water partition coefficient (Wildman–Crippen LogP) is 3.53. The molecule has 1 N–H and O–H groups in total. The molecule has 2 aliphatic rings. The summed E-state index contributed by atoms with van der Waals surface area (Å²) in [6.45, 7) is 15.0. The summed E-state index contributed by atoms with van der Waals surface area (Å²) in [5.41, 5.74) is -2.40. The van der Waals surface area contributed by atoms with Crippen molar-refractivity contribution in [2.24, 2.45) is 5.92 Å². The Bertz CT molecular complexity index is 627. The summed E-state index contributed by atoms with van der Waals surface area (Å²) in [7, 11) is 0. The van der Waals surface area contributed by atoms with E-state index in [1.807, 2.05) is 41.5 Å². The van der Waals surface area contributed by atoms with Crippen LogP contribution >= 0.6 is 0 Å². The second kappa shape index (κ2) is 7.80. The van der Waals surface area contributed by atoms with Gasteiger partial charge in [0, 0.05) is 16.6 Å². The number of carbonyl (C=O) groups excluding carboxylic acids is 1. The number of hydroxylamine groups is 4. The molecule has 8 heteroatoms. The SMILES string of the molecule is CC1(C)CCCC(C)(C)N1OC(OC(=O)C1CCC(C)(C)N([O])C1(C)C)C(=O)O. The van der Waals surface area contributed by atoms with Crippen molar-refractivity contribution >= 4 is 11.9 Å². The summed E-state index contributed by atoms with van der Waals surface area (Å²) in [6, 6.07) is 0. The van der Waals surface area contributed by atoms with E-state index in [4.69, 9.17) is 9.57 Å². The van der Waals surface area contributed by atoms with Gasteiger partial charge >= 0.3 is 18.2 Å². The maximum absolute atomic E-state index is 12.9. The Kier molecular flexibility index (Phi) is 6.47. The molecule has 0 bridgehead atoms. The van der Waals surface area contributed by atoms with E-state index in [0.29, 0.717) is 12.8 Å². The van der Waals surface area contributed by atoms with Gasteiger partial charge in [0.25, 0.3) is 0 Å². The molecule has 167 valence electrons. The number of carbonyl (C=O) groups is 2. The number of aliphatic carboxylic acids is 1. The number of ether oxygens (including phenoxy) is 1. The monoisotopic (exact) mass is 413 g/mol. The number of hydrogen-bond acceptors (Lipinski definition) is 6. The average Bonchev–Trinajstić information content (AvgIpc) is 2.54. The lowest BCUT2D eigenvalue weighted by molar-refractivity contribution is -0.343. The molecule has 0 aromatic rings. The van der Waals surface area contributed by atoms with E-state index in [0.717, 1.165) is 24.3 Å². The van der Waals surface area contributed by atoms with E-state index in [1.165, 1.54) is 0 Å². The molecule has 2 fully saturated rings. The Morgan fingerprint density at radius 3 is 1.93 bits per heavy atom. The van der Waals surface area contributed by atoms with Gasteiger partial charge in [-0.15, -0.1) is 10.3 Å². The molecule has 8 nitrogen and oxygen atoms in total. The second-order valence-corrected chi connectivity index (χ2v) is 10.8. The molecule has 2 rings (SSSR count). The first-order valence-corrected chi connectivity index (χ1v) is 10.4. The highest BCUT2D eigenvalue weighted by atomic mass is 16.8. The second-order valence-electron chi connectivity index (χ2n) is 10.8. The van der Waals surface area contributed by atoms with Crippen LogP contribution < -0.4 is 0 Å². The zero-order valence-corrected chi connectivity index (χ0v) is 19.1. The highest BCUT2D eigenvalue weighted by Gasteiger charge is 2.52. The molecule has 0 aromatic carbocycles. The average molecular weight is 414 g/mol. The van der Waals surface area contributed by atoms with Crippen molar-refractivity contribution in [2.45, 2.75) is 116 Å². The molecule has 29 heavy (non-hydrogen) atoms. The van der Waals surface area contributed by atoms with Gasteiger partial charge in [0.15, 0.2) is 0 Å². The van der Waals surface area contributed by atoms with Crippen molar-refractivity contribution in [3.8, 4) is 0 Å². The molecule has 0 aliphatic carbocycles. The van der Waals surface area contributed by atoms with Crippen LogP contribution in [0.5, 0.6) is 0 Å². The van der Waals surface area contributed by atoms with Gasteiger partial charge in [-0.3, -0.25) is 4.79 Å². The summed E-state index contributed by atoms with van der Waals surface area (Å²) in [5, 5.41) is 25.0. The van der Waals surface area contributed by atoms with Crippen LogP contribution in [0.4, 0.5) is 0 Å². The Labute approximate surface area is 174 Å². The molecule has 2 heterocycles. The van der Waals surface area contributed by atoms with E-state index in [9.17, 15) is 19.9 Å². The number of piperidine rings is 2. The van der Waals surface area contributed by atoms with E-state index in [-0.39, 0.29) is 0 Å². The molecular weight excluding hydrogens is 376 g/mol. The largest absolute Gasteiger partial charge is 0.477 e. The minimum Gasteiger partial charge on any atom is -0.477 e. The molecule has 0 amide bonds. The summed E-state index contributed by atoms with van der Waals surface area (Å²) < 4.78 is 5.33. The van der Waals surface area contributed by atoms with Crippen LogP contribution in [-0.2, 0) is 24.4 Å². The van der Waals surface area contributed by atoms with Crippen molar-refractivity contribution in [1.82, 2.24) is 10.1 Å². The zero-order valence-electron chi connectivity index (χ0n) is 19.1. The van der Waals surface area contributed by atoms with Crippen LogP contribution in [0.1, 0.15) is 87.5 Å². The van der Waals surface area contributed by atoms with Crippen molar-refractivity contribution in [1.29, 1.82) is 0 Å². The van der Waals surface area contributed by atoms with Crippen LogP contribution in [-0.4, -0.2) is 55.6 Å². The molecule has 0 aromatic heterocycles. The van der Waals surface area contributed by atoms with Gasteiger partial charge in [-0.2, -0.15) is 5.06 Å². The molecule has 2 saturated heterocycles. The van der Waals surface area contributed by atoms with Crippen molar-refractivity contribution in [3.05, 3.63) is 0 Å². The zero-order chi connectivity index (χ0) is 22.4. The lowest BCUT2D eigenvalue weighted by Gasteiger charge is -2.52. The van der Waals surface area contributed by atoms with E-state index >= 15 is 0 Å². The number of hydrogen-bond donors (Lipinski definition) is 1. The first-order valence-electron chi connectivity index (χ1n) is 10.4. The normalized spacial score (nSPS) is 29.8. The van der Waals surface area contributed by atoms with Gasteiger partial charge in [0.1, 0.15) is 0 Å². The fourth-order valence-electron chi connectivity index (χ4n) is 4.94. The third-order valence-electron chi connectivity index (χ3n) is 6.56. The molecule has 2 atom stereocenters.